The molecule has 14 heavy (non-hydrogen) atoms. The van der Waals surface area contributed by atoms with E-state index in [-0.39, 0.29) is 0 Å². The highest BCUT2D eigenvalue weighted by atomic mass is 32.1. The number of thiol groups is 1. The molecule has 74 valence electrons. The van der Waals surface area contributed by atoms with Crippen molar-refractivity contribution >= 4 is 23.7 Å². The van der Waals surface area contributed by atoms with E-state index in [9.17, 15) is 5.11 Å². The first kappa shape index (κ1) is 9.43. The maximum absolute atomic E-state index is 9.35. The molecule has 1 aromatic heterocycles. The second kappa shape index (κ2) is 3.94. The van der Waals surface area contributed by atoms with Crippen LogP contribution in [0.15, 0.2) is 24.4 Å². The lowest BCUT2D eigenvalue weighted by Gasteiger charge is -1.98. The van der Waals surface area contributed by atoms with Crippen molar-refractivity contribution in [2.75, 3.05) is 6.54 Å². The Morgan fingerprint density at radius 2 is 2.29 bits per heavy atom. The van der Waals surface area contributed by atoms with Crippen LogP contribution in [0.25, 0.3) is 10.9 Å². The van der Waals surface area contributed by atoms with E-state index in [0.717, 1.165) is 23.9 Å². The molecule has 0 amide bonds. The van der Waals surface area contributed by atoms with Gasteiger partial charge < -0.3 is 10.1 Å². The maximum atomic E-state index is 9.35. The summed E-state index contributed by atoms with van der Waals surface area (Å²) in [5.74, 6) is 0.303. The Hall–Kier alpha value is -1.13. The van der Waals surface area contributed by atoms with Gasteiger partial charge in [0.1, 0.15) is 5.75 Å². The van der Waals surface area contributed by atoms with Gasteiger partial charge in [0.15, 0.2) is 0 Å². The first-order valence-electron chi connectivity index (χ1n) is 4.47. The van der Waals surface area contributed by atoms with E-state index in [1.165, 1.54) is 5.56 Å². The van der Waals surface area contributed by atoms with E-state index >= 15 is 0 Å². The molecule has 0 saturated carbocycles. The van der Waals surface area contributed by atoms with Crippen LogP contribution in [0.2, 0.25) is 0 Å². The Balaban J connectivity index is 2.40. The average molecular weight is 208 g/mol. The molecule has 1 aromatic carbocycles. The lowest BCUT2D eigenvalue weighted by atomic mass is 10.1. The van der Waals surface area contributed by atoms with Gasteiger partial charge in [-0.25, -0.2) is 0 Å². The van der Waals surface area contributed by atoms with Gasteiger partial charge in [-0.1, -0.05) is 12.8 Å². The van der Waals surface area contributed by atoms with E-state index < -0.39 is 0 Å². The Morgan fingerprint density at radius 1 is 1.43 bits per heavy atom. The minimum absolute atomic E-state index is 0.303. The fraction of sp³-hybridized carbons (Fsp3) is 0.200. The first-order chi connectivity index (χ1) is 6.81. The fourth-order valence-electron chi connectivity index (χ4n) is 1.56. The second-order valence-electron chi connectivity index (χ2n) is 3.20. The van der Waals surface area contributed by atoms with Gasteiger partial charge >= 0.3 is 0 Å². The molecular formula is C10H12N2OS. The topological polar surface area (TPSA) is 48.0 Å². The zero-order chi connectivity index (χ0) is 9.97. The van der Waals surface area contributed by atoms with Gasteiger partial charge in [0.05, 0.1) is 0 Å². The van der Waals surface area contributed by atoms with Crippen LogP contribution in [0.3, 0.4) is 0 Å². The number of aromatic amines is 1. The molecule has 0 fully saturated rings. The number of fused-ring (bicyclic) bond motifs is 1. The quantitative estimate of drug-likeness (QED) is 0.582. The Labute approximate surface area is 87.7 Å². The summed E-state index contributed by atoms with van der Waals surface area (Å²) in [4.78, 5) is 3.16. The highest BCUT2D eigenvalue weighted by Crippen LogP contribution is 2.22. The average Bonchev–Trinajstić information content (AvgIpc) is 2.57. The van der Waals surface area contributed by atoms with E-state index in [1.807, 2.05) is 12.3 Å². The molecule has 4 heteroatoms. The van der Waals surface area contributed by atoms with Crippen LogP contribution in [0.4, 0.5) is 0 Å². The van der Waals surface area contributed by atoms with Crippen molar-refractivity contribution < 1.29 is 5.11 Å². The summed E-state index contributed by atoms with van der Waals surface area (Å²) < 4.78 is 2.80. The van der Waals surface area contributed by atoms with E-state index in [2.05, 4.69) is 22.5 Å². The van der Waals surface area contributed by atoms with Gasteiger partial charge in [0.2, 0.25) is 0 Å². The van der Waals surface area contributed by atoms with E-state index in [1.54, 1.807) is 12.1 Å². The summed E-state index contributed by atoms with van der Waals surface area (Å²) in [7, 11) is 0. The number of phenols is 1. The maximum Gasteiger partial charge on any atom is 0.116 e. The molecule has 0 aliphatic heterocycles. The molecular weight excluding hydrogens is 196 g/mol. The number of hydrogen-bond donors (Lipinski definition) is 4. The zero-order valence-corrected chi connectivity index (χ0v) is 8.51. The number of phenolic OH excluding ortho intramolecular Hbond substituents is 1. The Morgan fingerprint density at radius 3 is 3.07 bits per heavy atom. The molecule has 3 nitrogen and oxygen atoms in total. The SMILES string of the molecule is Oc1ccc2[nH]cc(CCNS)c2c1. The fourth-order valence-corrected chi connectivity index (χ4v) is 1.68. The lowest BCUT2D eigenvalue weighted by molar-refractivity contribution is 0.476. The molecule has 0 unspecified atom stereocenters. The zero-order valence-electron chi connectivity index (χ0n) is 7.62. The highest BCUT2D eigenvalue weighted by Gasteiger charge is 2.03. The van der Waals surface area contributed by atoms with Crippen LogP contribution in [0, 0.1) is 0 Å². The summed E-state index contributed by atoms with van der Waals surface area (Å²) in [5, 5.41) is 10.4. The summed E-state index contributed by atoms with van der Waals surface area (Å²) >= 11 is 3.94. The van der Waals surface area contributed by atoms with Crippen molar-refractivity contribution in [3.05, 3.63) is 30.0 Å². The number of hydrogen-bond acceptors (Lipinski definition) is 3. The third-order valence-corrected chi connectivity index (χ3v) is 2.48. The molecule has 0 spiro atoms. The van der Waals surface area contributed by atoms with Gasteiger partial charge in [-0.05, 0) is 30.2 Å². The standard InChI is InChI=1S/C10H12N2OS/c13-8-1-2-10-9(5-8)7(6-11-10)3-4-12-14/h1-2,5-6,11-14H,3-4H2. The summed E-state index contributed by atoms with van der Waals surface area (Å²) in [6.45, 7) is 0.811. The van der Waals surface area contributed by atoms with Gasteiger partial charge in [-0.2, -0.15) is 0 Å². The highest BCUT2D eigenvalue weighted by molar-refractivity contribution is 7.78. The van der Waals surface area contributed by atoms with Crippen molar-refractivity contribution in [1.82, 2.24) is 9.71 Å². The number of benzene rings is 1. The number of rotatable bonds is 3. The molecule has 0 bridgehead atoms. The number of nitrogens with one attached hydrogen (secondary N) is 2. The van der Waals surface area contributed by atoms with Crippen LogP contribution >= 0.6 is 12.8 Å². The predicted octanol–water partition coefficient (Wildman–Crippen LogP) is 1.85. The minimum Gasteiger partial charge on any atom is -0.508 e. The smallest absolute Gasteiger partial charge is 0.116 e. The van der Waals surface area contributed by atoms with Gasteiger partial charge in [-0.3, -0.25) is 4.72 Å². The molecule has 2 rings (SSSR count). The first-order valence-corrected chi connectivity index (χ1v) is 4.92. The van der Waals surface area contributed by atoms with Crippen molar-refractivity contribution in [2.45, 2.75) is 6.42 Å². The molecule has 2 aromatic rings. The normalized spacial score (nSPS) is 10.9. The molecule has 0 aliphatic carbocycles. The van der Waals surface area contributed by atoms with E-state index in [4.69, 9.17) is 0 Å². The summed E-state index contributed by atoms with van der Waals surface area (Å²) in [6, 6.07) is 5.33. The number of aromatic hydroxyl groups is 1. The van der Waals surface area contributed by atoms with Crippen molar-refractivity contribution in [3.63, 3.8) is 0 Å². The molecule has 0 radical (unpaired) electrons. The predicted molar refractivity (Wildman–Crippen MR) is 60.7 cm³/mol. The Bertz CT molecular complexity index is 439. The van der Waals surface area contributed by atoms with Crippen LogP contribution in [0.5, 0.6) is 5.75 Å². The van der Waals surface area contributed by atoms with Gasteiger partial charge in [0.25, 0.3) is 0 Å². The van der Waals surface area contributed by atoms with Crippen LogP contribution in [-0.4, -0.2) is 16.6 Å². The molecule has 1 heterocycles. The van der Waals surface area contributed by atoms with E-state index in [0.29, 0.717) is 5.75 Å². The number of H-pyrrole nitrogens is 1. The van der Waals surface area contributed by atoms with Crippen molar-refractivity contribution in [3.8, 4) is 5.75 Å². The third kappa shape index (κ3) is 1.71. The molecule has 3 N–H and O–H groups in total. The monoisotopic (exact) mass is 208 g/mol. The minimum atomic E-state index is 0.303. The molecule has 0 saturated heterocycles. The molecule has 0 aliphatic rings. The van der Waals surface area contributed by atoms with Crippen LogP contribution in [0.1, 0.15) is 5.56 Å². The third-order valence-electron chi connectivity index (χ3n) is 2.26. The Kier molecular flexibility index (Phi) is 2.65. The van der Waals surface area contributed by atoms with Gasteiger partial charge in [0, 0.05) is 23.6 Å². The van der Waals surface area contributed by atoms with Crippen molar-refractivity contribution in [1.29, 1.82) is 0 Å². The number of aromatic nitrogens is 1. The van der Waals surface area contributed by atoms with Crippen LogP contribution < -0.4 is 4.72 Å². The largest absolute Gasteiger partial charge is 0.508 e. The summed E-state index contributed by atoms with van der Waals surface area (Å²) in [6.07, 6.45) is 2.86. The van der Waals surface area contributed by atoms with Crippen molar-refractivity contribution in [2.24, 2.45) is 0 Å². The van der Waals surface area contributed by atoms with Gasteiger partial charge in [-0.15, -0.1) is 0 Å². The molecule has 0 atom stereocenters. The lowest BCUT2D eigenvalue weighted by Crippen LogP contribution is -2.03. The summed E-state index contributed by atoms with van der Waals surface area (Å²) in [5.41, 5.74) is 2.24. The van der Waals surface area contributed by atoms with Crippen LogP contribution in [-0.2, 0) is 6.42 Å². The second-order valence-corrected chi connectivity index (χ2v) is 3.52.